The highest BCUT2D eigenvalue weighted by Crippen LogP contribution is 2.17. The molecule has 1 N–H and O–H groups in total. The van der Waals surface area contributed by atoms with E-state index in [1.807, 2.05) is 0 Å². The number of amides is 2. The van der Waals surface area contributed by atoms with Crippen LogP contribution >= 0.6 is 0 Å². The monoisotopic (exact) mass is 338 g/mol. The number of likely N-dealkylation sites (N-methyl/N-ethyl adjacent to an activating group) is 1. The molecule has 0 bridgehead atoms. The normalized spacial score (nSPS) is 10.9. The topological polar surface area (TPSA) is 87.2 Å². The first-order valence-electron chi connectivity index (χ1n) is 7.19. The number of halogens is 1. The van der Waals surface area contributed by atoms with Crippen LogP contribution in [0.4, 0.5) is 10.1 Å². The Kier molecular flexibility index (Phi) is 7.57. The molecule has 0 saturated heterocycles. The second-order valence-electron chi connectivity index (χ2n) is 4.72. The van der Waals surface area contributed by atoms with Crippen molar-refractivity contribution in [3.05, 3.63) is 41.9 Å². The summed E-state index contributed by atoms with van der Waals surface area (Å²) in [5.74, 6) is -2.35. The first kappa shape index (κ1) is 19.3. The van der Waals surface area contributed by atoms with Gasteiger partial charge in [-0.05, 0) is 31.2 Å². The zero-order valence-electron chi connectivity index (χ0n) is 13.4. The average Bonchev–Trinajstić information content (AvgIpc) is 2.55. The molecule has 0 heterocycles. The number of ether oxygens (including phenoxy) is 1. The molecule has 0 aliphatic heterocycles. The highest BCUT2D eigenvalue weighted by Gasteiger charge is 2.26. The van der Waals surface area contributed by atoms with Gasteiger partial charge in [-0.25, -0.2) is 14.1 Å². The van der Waals surface area contributed by atoms with Gasteiger partial charge in [0.25, 0.3) is 5.91 Å². The van der Waals surface area contributed by atoms with Gasteiger partial charge < -0.3 is 14.7 Å². The number of aliphatic hydroxyl groups is 1. The fourth-order valence-electron chi connectivity index (χ4n) is 1.80. The van der Waals surface area contributed by atoms with Gasteiger partial charge in [-0.15, -0.1) is 0 Å². The number of anilines is 1. The maximum atomic E-state index is 13.0. The predicted octanol–water partition coefficient (Wildman–Crippen LogP) is 0.686. The molecule has 1 aromatic carbocycles. The lowest BCUT2D eigenvalue weighted by molar-refractivity contribution is -0.140. The number of benzene rings is 1. The molecule has 0 aromatic heterocycles. The Morgan fingerprint density at radius 3 is 2.42 bits per heavy atom. The van der Waals surface area contributed by atoms with E-state index in [1.165, 1.54) is 23.2 Å². The number of carbonyl (C=O) groups is 3. The number of rotatable bonds is 8. The minimum Gasteiger partial charge on any atom is -0.462 e. The van der Waals surface area contributed by atoms with Crippen LogP contribution in [-0.4, -0.2) is 55.1 Å². The third-order valence-corrected chi connectivity index (χ3v) is 2.96. The Balaban J connectivity index is 3.18. The Morgan fingerprint density at radius 1 is 1.29 bits per heavy atom. The van der Waals surface area contributed by atoms with E-state index in [9.17, 15) is 18.8 Å². The molecule has 1 rings (SSSR count). The number of aliphatic hydroxyl groups excluding tert-OH is 1. The van der Waals surface area contributed by atoms with E-state index in [4.69, 9.17) is 9.84 Å². The van der Waals surface area contributed by atoms with E-state index in [1.54, 1.807) is 14.0 Å². The second kappa shape index (κ2) is 9.41. The first-order valence-corrected chi connectivity index (χ1v) is 7.19. The molecular formula is C16H19FN2O5. The van der Waals surface area contributed by atoms with Crippen LogP contribution in [0.15, 0.2) is 36.0 Å². The minimum absolute atomic E-state index is 0.0464. The molecule has 0 spiro atoms. The lowest BCUT2D eigenvalue weighted by Gasteiger charge is -2.19. The fourth-order valence-corrected chi connectivity index (χ4v) is 1.80. The van der Waals surface area contributed by atoms with Gasteiger partial charge in [0.1, 0.15) is 11.4 Å². The quantitative estimate of drug-likeness (QED) is 0.247. The number of nitrogens with zero attached hydrogens (tertiary/aromatic N) is 2. The van der Waals surface area contributed by atoms with Gasteiger partial charge in [0, 0.05) is 19.8 Å². The van der Waals surface area contributed by atoms with Gasteiger partial charge in [-0.2, -0.15) is 0 Å². The number of hydrogen-bond donors (Lipinski definition) is 1. The van der Waals surface area contributed by atoms with E-state index in [0.29, 0.717) is 4.90 Å². The summed E-state index contributed by atoms with van der Waals surface area (Å²) < 4.78 is 17.8. The molecule has 24 heavy (non-hydrogen) atoms. The Labute approximate surface area is 138 Å². The lowest BCUT2D eigenvalue weighted by atomic mass is 10.2. The standard InChI is InChI=1S/C16H19FN2O5/c1-3-24-16(23)14(10-18(2)8-9-20)15(22)19(11-21)13-6-4-12(17)5-7-13/h4-7,10-11,20H,3,8-9H2,1-2H3/b14-10+. The molecule has 130 valence electrons. The van der Waals surface area contributed by atoms with E-state index in [0.717, 1.165) is 12.1 Å². The molecule has 0 atom stereocenters. The van der Waals surface area contributed by atoms with Crippen LogP contribution < -0.4 is 4.90 Å². The summed E-state index contributed by atoms with van der Waals surface area (Å²) in [6.07, 6.45) is 1.42. The molecule has 0 aliphatic carbocycles. The number of hydrogen-bond acceptors (Lipinski definition) is 6. The van der Waals surface area contributed by atoms with Gasteiger partial charge in [-0.1, -0.05) is 0 Å². The Morgan fingerprint density at radius 2 is 1.92 bits per heavy atom. The summed E-state index contributed by atoms with van der Waals surface area (Å²) in [5.41, 5.74) is -0.277. The third-order valence-electron chi connectivity index (χ3n) is 2.96. The summed E-state index contributed by atoms with van der Waals surface area (Å²) in [7, 11) is 1.55. The average molecular weight is 338 g/mol. The molecule has 0 aliphatic rings. The van der Waals surface area contributed by atoms with Gasteiger partial charge in [0.2, 0.25) is 6.41 Å². The lowest BCUT2D eigenvalue weighted by Crippen LogP contribution is -2.35. The molecular weight excluding hydrogens is 319 g/mol. The zero-order valence-corrected chi connectivity index (χ0v) is 13.4. The number of carbonyl (C=O) groups excluding carboxylic acids is 3. The van der Waals surface area contributed by atoms with Crippen molar-refractivity contribution < 1.29 is 28.6 Å². The molecule has 2 amide bonds. The smallest absolute Gasteiger partial charge is 0.345 e. The van der Waals surface area contributed by atoms with Crippen LogP contribution in [0.1, 0.15) is 6.92 Å². The van der Waals surface area contributed by atoms with Crippen LogP contribution in [0.5, 0.6) is 0 Å². The highest BCUT2D eigenvalue weighted by molar-refractivity contribution is 6.26. The largest absolute Gasteiger partial charge is 0.462 e. The van der Waals surface area contributed by atoms with Crippen molar-refractivity contribution in [2.24, 2.45) is 0 Å². The summed E-state index contributed by atoms with van der Waals surface area (Å²) in [5, 5.41) is 8.92. The molecule has 0 unspecified atom stereocenters. The van der Waals surface area contributed by atoms with E-state index >= 15 is 0 Å². The van der Waals surface area contributed by atoms with E-state index in [2.05, 4.69) is 0 Å². The van der Waals surface area contributed by atoms with Gasteiger partial charge in [0.15, 0.2) is 0 Å². The number of imide groups is 1. The van der Waals surface area contributed by atoms with Crippen molar-refractivity contribution in [1.82, 2.24) is 4.90 Å². The highest BCUT2D eigenvalue weighted by atomic mass is 19.1. The molecule has 0 fully saturated rings. The second-order valence-corrected chi connectivity index (χ2v) is 4.72. The van der Waals surface area contributed by atoms with Crippen molar-refractivity contribution >= 4 is 24.0 Å². The summed E-state index contributed by atoms with van der Waals surface area (Å²) in [4.78, 5) is 38.0. The summed E-state index contributed by atoms with van der Waals surface area (Å²) in [6.45, 7) is 1.61. The van der Waals surface area contributed by atoms with Crippen LogP contribution in [-0.2, 0) is 19.1 Å². The van der Waals surface area contributed by atoms with Gasteiger partial charge in [0.05, 0.1) is 18.9 Å². The van der Waals surface area contributed by atoms with Gasteiger partial charge in [-0.3, -0.25) is 9.59 Å². The minimum atomic E-state index is -0.917. The van der Waals surface area contributed by atoms with Crippen LogP contribution in [0.2, 0.25) is 0 Å². The van der Waals surface area contributed by atoms with Crippen molar-refractivity contribution in [2.75, 3.05) is 31.7 Å². The Hall–Kier alpha value is -2.74. The predicted molar refractivity (Wildman–Crippen MR) is 84.4 cm³/mol. The maximum Gasteiger partial charge on any atom is 0.345 e. The SMILES string of the molecule is CCOC(=O)/C(=C/N(C)CCO)C(=O)N(C=O)c1ccc(F)cc1. The maximum absolute atomic E-state index is 13.0. The first-order chi connectivity index (χ1) is 11.4. The van der Waals surface area contributed by atoms with Crippen molar-refractivity contribution in [3.8, 4) is 0 Å². The van der Waals surface area contributed by atoms with Crippen molar-refractivity contribution in [3.63, 3.8) is 0 Å². The van der Waals surface area contributed by atoms with Crippen molar-refractivity contribution in [1.29, 1.82) is 0 Å². The van der Waals surface area contributed by atoms with Crippen LogP contribution in [0.3, 0.4) is 0 Å². The zero-order chi connectivity index (χ0) is 18.1. The van der Waals surface area contributed by atoms with Gasteiger partial charge >= 0.3 is 5.97 Å². The molecule has 8 heteroatoms. The molecule has 7 nitrogen and oxygen atoms in total. The van der Waals surface area contributed by atoms with E-state index in [-0.39, 0.29) is 37.4 Å². The Bertz CT molecular complexity index is 615. The third kappa shape index (κ3) is 5.17. The van der Waals surface area contributed by atoms with E-state index < -0.39 is 17.7 Å². The molecule has 1 aromatic rings. The summed E-state index contributed by atoms with van der Waals surface area (Å²) >= 11 is 0. The summed E-state index contributed by atoms with van der Waals surface area (Å²) in [6, 6.07) is 4.65. The van der Waals surface area contributed by atoms with Crippen LogP contribution in [0, 0.1) is 5.82 Å². The fraction of sp³-hybridized carbons (Fsp3) is 0.312. The van der Waals surface area contributed by atoms with Crippen molar-refractivity contribution in [2.45, 2.75) is 6.92 Å². The van der Waals surface area contributed by atoms with Crippen LogP contribution in [0.25, 0.3) is 0 Å². The molecule has 0 radical (unpaired) electrons. The number of esters is 1. The molecule has 0 saturated carbocycles.